The number of thiazole rings is 1. The van der Waals surface area contributed by atoms with Crippen molar-refractivity contribution >= 4 is 32.2 Å². The third kappa shape index (κ3) is 1.85. The van der Waals surface area contributed by atoms with Crippen LogP contribution in [0.15, 0.2) is 11.6 Å². The van der Waals surface area contributed by atoms with Crippen molar-refractivity contribution in [2.24, 2.45) is 0 Å². The highest BCUT2D eigenvalue weighted by Crippen LogP contribution is 2.25. The van der Waals surface area contributed by atoms with Crippen molar-refractivity contribution < 1.29 is 0 Å². The Morgan fingerprint density at radius 3 is 2.79 bits per heavy atom. The molecule has 0 saturated carbocycles. The zero-order chi connectivity index (χ0) is 13.6. The number of hydrogen-bond acceptors (Lipinski definition) is 3. The van der Waals surface area contributed by atoms with Crippen LogP contribution in [0.4, 0.5) is 0 Å². The summed E-state index contributed by atoms with van der Waals surface area (Å²) in [5.41, 5.74) is 4.74. The van der Waals surface area contributed by atoms with Gasteiger partial charge >= 0.3 is 0 Å². The van der Waals surface area contributed by atoms with E-state index in [0.717, 1.165) is 33.9 Å². The van der Waals surface area contributed by atoms with Gasteiger partial charge in [-0.25, -0.2) is 4.68 Å². The second-order valence-corrected chi connectivity index (χ2v) is 5.92. The van der Waals surface area contributed by atoms with E-state index in [1.54, 1.807) is 11.3 Å². The van der Waals surface area contributed by atoms with Crippen LogP contribution in [0.1, 0.15) is 29.6 Å². The highest BCUT2D eigenvalue weighted by molar-refractivity contribution is 9.08. The fraction of sp³-hybridized carbons (Fsp3) is 0.385. The van der Waals surface area contributed by atoms with E-state index in [1.165, 1.54) is 11.3 Å². The molecule has 3 aromatic rings. The van der Waals surface area contributed by atoms with Crippen LogP contribution in [0, 0.1) is 13.8 Å². The highest BCUT2D eigenvalue weighted by atomic mass is 79.9. The lowest BCUT2D eigenvalue weighted by Gasteiger charge is -2.03. The maximum Gasteiger partial charge on any atom is 0.195 e. The van der Waals surface area contributed by atoms with Gasteiger partial charge in [-0.2, -0.15) is 10.1 Å². The maximum atomic E-state index is 4.72. The van der Waals surface area contributed by atoms with Gasteiger partial charge in [-0.15, -0.1) is 11.3 Å². The van der Waals surface area contributed by atoms with Gasteiger partial charge in [-0.3, -0.25) is 4.40 Å². The Labute approximate surface area is 124 Å². The highest BCUT2D eigenvalue weighted by Gasteiger charge is 2.18. The third-order valence-corrected chi connectivity index (χ3v) is 4.75. The zero-order valence-electron chi connectivity index (χ0n) is 11.1. The molecule has 4 nitrogen and oxygen atoms in total. The summed E-state index contributed by atoms with van der Waals surface area (Å²) in [6, 6.07) is 0. The van der Waals surface area contributed by atoms with Crippen LogP contribution in [0.3, 0.4) is 0 Å². The first-order valence-electron chi connectivity index (χ1n) is 6.23. The smallest absolute Gasteiger partial charge is 0.195 e. The normalized spacial score (nSPS) is 11.6. The summed E-state index contributed by atoms with van der Waals surface area (Å²) in [7, 11) is 0. The molecule has 100 valence electrons. The molecule has 0 spiro atoms. The molecule has 0 aliphatic rings. The van der Waals surface area contributed by atoms with Gasteiger partial charge in [0.25, 0.3) is 0 Å². The first-order chi connectivity index (χ1) is 9.17. The van der Waals surface area contributed by atoms with Crippen molar-refractivity contribution in [2.75, 3.05) is 0 Å². The van der Waals surface area contributed by atoms with E-state index < -0.39 is 0 Å². The molecule has 0 radical (unpaired) electrons. The predicted octanol–water partition coefficient (Wildman–Crippen LogP) is 3.66. The first-order valence-corrected chi connectivity index (χ1v) is 8.23. The van der Waals surface area contributed by atoms with Crippen molar-refractivity contribution in [3.05, 3.63) is 34.2 Å². The summed E-state index contributed by atoms with van der Waals surface area (Å²) in [4.78, 5) is 5.72. The Hall–Kier alpha value is -1.14. The molecule has 0 amide bonds. The van der Waals surface area contributed by atoms with Gasteiger partial charge in [0.05, 0.1) is 11.4 Å². The molecule has 6 heteroatoms. The van der Waals surface area contributed by atoms with Crippen LogP contribution < -0.4 is 0 Å². The average molecular weight is 339 g/mol. The van der Waals surface area contributed by atoms with E-state index in [2.05, 4.69) is 57.8 Å². The second-order valence-electron chi connectivity index (χ2n) is 4.49. The standard InChI is InChI=1S/C13H15BrN4S/c1-4-10-8(2)16-18(9(10)3)12-11(7-14)17-5-6-19-13(17)15-12/h5-6H,4,7H2,1-3H3. The summed E-state index contributed by atoms with van der Waals surface area (Å²) < 4.78 is 4.10. The van der Waals surface area contributed by atoms with E-state index >= 15 is 0 Å². The van der Waals surface area contributed by atoms with Crippen LogP contribution in [-0.4, -0.2) is 19.2 Å². The van der Waals surface area contributed by atoms with Crippen LogP contribution in [0.5, 0.6) is 0 Å². The molecule has 3 rings (SSSR count). The Bertz CT molecular complexity index is 737. The van der Waals surface area contributed by atoms with E-state index in [0.29, 0.717) is 0 Å². The summed E-state index contributed by atoms with van der Waals surface area (Å²) in [6.07, 6.45) is 3.06. The topological polar surface area (TPSA) is 35.1 Å². The quantitative estimate of drug-likeness (QED) is 0.683. The lowest BCUT2D eigenvalue weighted by atomic mass is 10.1. The van der Waals surface area contributed by atoms with Crippen LogP contribution in [-0.2, 0) is 11.8 Å². The Kier molecular flexibility index (Phi) is 3.22. The number of imidazole rings is 1. The number of aryl methyl sites for hydroxylation is 1. The number of hydrogen-bond donors (Lipinski definition) is 0. The van der Waals surface area contributed by atoms with Gasteiger partial charge in [0.2, 0.25) is 0 Å². The molecular weight excluding hydrogens is 324 g/mol. The second kappa shape index (κ2) is 4.76. The maximum absolute atomic E-state index is 4.72. The van der Waals surface area contributed by atoms with Crippen molar-refractivity contribution in [2.45, 2.75) is 32.5 Å². The van der Waals surface area contributed by atoms with Gasteiger partial charge in [-0.1, -0.05) is 22.9 Å². The monoisotopic (exact) mass is 338 g/mol. The van der Waals surface area contributed by atoms with Gasteiger partial charge in [0.1, 0.15) is 0 Å². The van der Waals surface area contributed by atoms with Crippen LogP contribution >= 0.6 is 27.3 Å². The van der Waals surface area contributed by atoms with Gasteiger partial charge in [0, 0.05) is 22.6 Å². The number of alkyl halides is 1. The molecule has 0 atom stereocenters. The molecule has 0 saturated heterocycles. The number of nitrogens with zero attached hydrogens (tertiary/aromatic N) is 4. The molecule has 0 N–H and O–H groups in total. The largest absolute Gasteiger partial charge is 0.292 e. The Morgan fingerprint density at radius 1 is 1.37 bits per heavy atom. The van der Waals surface area contributed by atoms with Crippen molar-refractivity contribution in [3.8, 4) is 5.82 Å². The number of rotatable bonds is 3. The number of fused-ring (bicyclic) bond motifs is 1. The molecule has 0 aliphatic heterocycles. The van der Waals surface area contributed by atoms with Crippen molar-refractivity contribution in [1.82, 2.24) is 19.2 Å². The summed E-state index contributed by atoms with van der Waals surface area (Å²) in [6.45, 7) is 6.34. The molecule has 0 aliphatic carbocycles. The molecule has 0 fully saturated rings. The predicted molar refractivity (Wildman–Crippen MR) is 81.7 cm³/mol. The molecule has 19 heavy (non-hydrogen) atoms. The van der Waals surface area contributed by atoms with Crippen molar-refractivity contribution in [3.63, 3.8) is 0 Å². The van der Waals surface area contributed by atoms with E-state index in [-0.39, 0.29) is 0 Å². The zero-order valence-corrected chi connectivity index (χ0v) is 13.5. The molecule has 0 aromatic carbocycles. The van der Waals surface area contributed by atoms with Gasteiger partial charge in [0.15, 0.2) is 10.8 Å². The first kappa shape index (κ1) is 12.9. The Morgan fingerprint density at radius 2 is 2.16 bits per heavy atom. The van der Waals surface area contributed by atoms with E-state index in [9.17, 15) is 0 Å². The Balaban J connectivity index is 2.26. The third-order valence-electron chi connectivity index (χ3n) is 3.46. The number of aromatic nitrogens is 4. The van der Waals surface area contributed by atoms with Crippen LogP contribution in [0.25, 0.3) is 10.8 Å². The molecular formula is C13H15BrN4S. The molecule has 3 aromatic heterocycles. The lowest BCUT2D eigenvalue weighted by molar-refractivity contribution is 0.803. The lowest BCUT2D eigenvalue weighted by Crippen LogP contribution is -2.03. The SMILES string of the molecule is CCc1c(C)nn(-c2nc3sccn3c2CBr)c1C. The number of halogens is 1. The summed E-state index contributed by atoms with van der Waals surface area (Å²) >= 11 is 5.21. The van der Waals surface area contributed by atoms with Crippen molar-refractivity contribution in [1.29, 1.82) is 0 Å². The average Bonchev–Trinajstić information content (AvgIpc) is 3.02. The molecule has 0 unspecified atom stereocenters. The van der Waals surface area contributed by atoms with E-state index in [1.807, 2.05) is 4.68 Å². The summed E-state index contributed by atoms with van der Waals surface area (Å²) in [5, 5.41) is 7.48. The minimum absolute atomic E-state index is 0.764. The fourth-order valence-electron chi connectivity index (χ4n) is 2.51. The van der Waals surface area contributed by atoms with Gasteiger partial charge in [-0.05, 0) is 25.8 Å². The molecule has 3 heterocycles. The van der Waals surface area contributed by atoms with Crippen LogP contribution in [0.2, 0.25) is 0 Å². The van der Waals surface area contributed by atoms with E-state index in [4.69, 9.17) is 4.98 Å². The minimum Gasteiger partial charge on any atom is -0.292 e. The minimum atomic E-state index is 0.764. The summed E-state index contributed by atoms with van der Waals surface area (Å²) in [5.74, 6) is 0.934. The molecule has 0 bridgehead atoms. The fourth-order valence-corrected chi connectivity index (χ4v) is 3.76. The van der Waals surface area contributed by atoms with Gasteiger partial charge < -0.3 is 0 Å².